The number of hydrogen-bond donors (Lipinski definition) is 7. The Labute approximate surface area is 450 Å². The SMILES string of the molecule is CCCCCCCCc1ccc(C(=O)NC(CCCN)C(=O)N(C)C2C(=O)NC(C)C(=O)NC(C(=O)NC(C)B3OC4CC5CC(C5(C)C)C4(C)O3)Cc3ccc(OCCN)c(c3)-c3cc2ccc3OCCN)c(C)c1. The van der Waals surface area contributed by atoms with E-state index in [4.69, 9.17) is 36.0 Å². The quantitative estimate of drug-likeness (QED) is 0.0453. The zero-order chi connectivity index (χ0) is 54.9. The highest BCUT2D eigenvalue weighted by molar-refractivity contribution is 6.47. The van der Waals surface area contributed by atoms with Crippen molar-refractivity contribution in [1.29, 1.82) is 0 Å². The molecule has 18 heteroatoms. The van der Waals surface area contributed by atoms with Crippen LogP contribution >= 0.6 is 0 Å². The van der Waals surface area contributed by atoms with Crippen molar-refractivity contribution >= 4 is 36.7 Å². The Bertz CT molecular complexity index is 2550. The van der Waals surface area contributed by atoms with E-state index in [2.05, 4.69) is 49.0 Å². The molecule has 1 saturated heterocycles. The second-order valence-corrected chi connectivity index (χ2v) is 22.5. The van der Waals surface area contributed by atoms with Gasteiger partial charge >= 0.3 is 7.12 Å². The lowest BCUT2D eigenvalue weighted by molar-refractivity contribution is -0.199. The number of nitrogens with two attached hydrogens (primary N) is 3. The smallest absolute Gasteiger partial charge is 0.481 e. The maximum atomic E-state index is 15.0. The number of carbonyl (C=O) groups excluding carboxylic acids is 5. The van der Waals surface area contributed by atoms with Crippen molar-refractivity contribution in [1.82, 2.24) is 26.2 Å². The third-order valence-electron chi connectivity index (χ3n) is 16.6. The molecule has 6 bridgehead atoms. The summed E-state index contributed by atoms with van der Waals surface area (Å²) in [5.74, 6) is -1.61. The Morgan fingerprint density at radius 3 is 2.20 bits per heavy atom. The standard InChI is InChI=1S/C58H85BN8O9/c1-9-10-11-12-13-14-16-38-18-21-42(35(2)29-38)53(69)65-45(17-15-24-60)56(72)67(8)51-40-20-23-48(74-28-26-62)44(32-40)43-30-39(19-22-47(43)73-27-25-61)31-46(66-52(68)36(3)63-55(51)71)54(70)64-37(4)59-75-50-34-41-33-49(57(41,5)6)58(50,7)76-59/h18-23,29-30,32,36-37,41,45-46,49-51H,9-17,24-28,31,33-34,60-62H2,1-8H3,(H,63,71)(H,64,70)(H,65,69)(H,66,68). The highest BCUT2D eigenvalue weighted by Gasteiger charge is 2.68. The molecule has 76 heavy (non-hydrogen) atoms. The summed E-state index contributed by atoms with van der Waals surface area (Å²) in [4.78, 5) is 74.2. The molecule has 5 aliphatic rings. The van der Waals surface area contributed by atoms with Gasteiger partial charge in [-0.05, 0) is 143 Å². The monoisotopic (exact) mass is 1050 g/mol. The molecule has 8 rings (SSSR count). The van der Waals surface area contributed by atoms with Crippen molar-refractivity contribution in [3.63, 3.8) is 0 Å². The van der Waals surface area contributed by atoms with Gasteiger partial charge in [0, 0.05) is 43.2 Å². The summed E-state index contributed by atoms with van der Waals surface area (Å²) < 4.78 is 25.7. The predicted octanol–water partition coefficient (Wildman–Crippen LogP) is 5.59. The summed E-state index contributed by atoms with van der Waals surface area (Å²) in [5, 5.41) is 11.8. The van der Waals surface area contributed by atoms with Crippen molar-refractivity contribution < 1.29 is 42.8 Å². The van der Waals surface area contributed by atoms with Crippen molar-refractivity contribution in [3.05, 3.63) is 82.4 Å². The fourth-order valence-corrected chi connectivity index (χ4v) is 12.0. The molecule has 2 heterocycles. The molecule has 3 aromatic rings. The van der Waals surface area contributed by atoms with Gasteiger partial charge in [0.05, 0.1) is 17.6 Å². The van der Waals surface area contributed by atoms with Gasteiger partial charge in [-0.3, -0.25) is 24.0 Å². The molecular weight excluding hydrogens is 963 g/mol. The maximum absolute atomic E-state index is 15.0. The minimum Gasteiger partial charge on any atom is -0.492 e. The number of amides is 5. The predicted molar refractivity (Wildman–Crippen MR) is 295 cm³/mol. The second-order valence-electron chi connectivity index (χ2n) is 22.5. The Balaban J connectivity index is 1.19. The molecule has 3 saturated carbocycles. The Kier molecular flexibility index (Phi) is 19.7. The minimum absolute atomic E-state index is 0.0527. The van der Waals surface area contributed by atoms with Crippen molar-refractivity contribution in [3.8, 4) is 22.6 Å². The van der Waals surface area contributed by atoms with Crippen LogP contribution in [-0.2, 0) is 41.3 Å². The molecule has 10 N–H and O–H groups in total. The van der Waals surface area contributed by atoms with E-state index in [1.807, 2.05) is 38.1 Å². The number of ether oxygens (including phenoxy) is 2. The van der Waals surface area contributed by atoms with Crippen LogP contribution < -0.4 is 47.9 Å². The summed E-state index contributed by atoms with van der Waals surface area (Å²) in [7, 11) is 0.791. The normalized spacial score (nSPS) is 24.4. The number of nitrogens with one attached hydrogen (secondary N) is 4. The molecule has 3 aromatic carbocycles. The molecule has 0 spiro atoms. The summed E-state index contributed by atoms with van der Waals surface area (Å²) in [5.41, 5.74) is 22.0. The molecule has 3 aliphatic carbocycles. The van der Waals surface area contributed by atoms with Crippen molar-refractivity contribution in [2.24, 2.45) is 34.5 Å². The second kappa shape index (κ2) is 25.8. The molecule has 0 radical (unpaired) electrons. The van der Waals surface area contributed by atoms with Gasteiger partial charge in [0.15, 0.2) is 0 Å². The molecule has 4 fully saturated rings. The van der Waals surface area contributed by atoms with Crippen LogP contribution in [0, 0.1) is 24.2 Å². The number of unbranched alkanes of at least 4 members (excludes halogenated alkanes) is 5. The molecule has 2 aliphatic heterocycles. The lowest BCUT2D eigenvalue weighted by Crippen LogP contribution is -2.65. The van der Waals surface area contributed by atoms with Crippen LogP contribution in [0.25, 0.3) is 11.1 Å². The van der Waals surface area contributed by atoms with Gasteiger partial charge in [-0.25, -0.2) is 0 Å². The van der Waals surface area contributed by atoms with Gasteiger partial charge in [0.1, 0.15) is 48.9 Å². The summed E-state index contributed by atoms with van der Waals surface area (Å²) in [6.45, 7) is 15.2. The van der Waals surface area contributed by atoms with Gasteiger partial charge in [0.2, 0.25) is 23.6 Å². The van der Waals surface area contributed by atoms with E-state index in [-0.39, 0.29) is 57.2 Å². The number of likely N-dealkylation sites (N-methyl/N-ethyl adjacent to an activating group) is 1. The van der Waals surface area contributed by atoms with Crippen LogP contribution in [0.5, 0.6) is 11.5 Å². The third kappa shape index (κ3) is 13.1. The Morgan fingerprint density at radius 2 is 1.53 bits per heavy atom. The Morgan fingerprint density at radius 1 is 0.842 bits per heavy atom. The third-order valence-corrected chi connectivity index (χ3v) is 16.6. The maximum Gasteiger partial charge on any atom is 0.481 e. The van der Waals surface area contributed by atoms with Crippen LogP contribution in [-0.4, -0.2) is 117 Å². The molecule has 9 unspecified atom stereocenters. The van der Waals surface area contributed by atoms with Gasteiger partial charge in [0.25, 0.3) is 5.91 Å². The van der Waals surface area contributed by atoms with Gasteiger partial charge < -0.3 is 62.2 Å². The number of aryl methyl sites for hydroxylation is 2. The fourth-order valence-electron chi connectivity index (χ4n) is 12.0. The summed E-state index contributed by atoms with van der Waals surface area (Å²) in [6.07, 6.45) is 10.6. The van der Waals surface area contributed by atoms with Crippen LogP contribution in [0.2, 0.25) is 0 Å². The number of benzene rings is 3. The summed E-state index contributed by atoms with van der Waals surface area (Å²) >= 11 is 0. The zero-order valence-electron chi connectivity index (χ0n) is 46.3. The molecule has 414 valence electrons. The largest absolute Gasteiger partial charge is 0.492 e. The molecular formula is C58H85BN8O9. The van der Waals surface area contributed by atoms with Crippen LogP contribution in [0.3, 0.4) is 0 Å². The average Bonchev–Trinajstić information content (AvgIpc) is 3.77. The molecule has 9 atom stereocenters. The number of carbonyl (C=O) groups is 5. The zero-order valence-corrected chi connectivity index (χ0v) is 46.3. The fraction of sp³-hybridized carbons (Fsp3) is 0.603. The van der Waals surface area contributed by atoms with E-state index >= 15 is 0 Å². The molecule has 0 aromatic heterocycles. The van der Waals surface area contributed by atoms with E-state index in [9.17, 15) is 24.0 Å². The number of hydrogen-bond acceptors (Lipinski definition) is 12. The Hall–Kier alpha value is -5.53. The molecule has 5 amide bonds. The summed E-state index contributed by atoms with van der Waals surface area (Å²) in [6, 6.07) is 11.7. The average molecular weight is 1050 g/mol. The van der Waals surface area contributed by atoms with Crippen molar-refractivity contribution in [2.45, 2.75) is 167 Å². The van der Waals surface area contributed by atoms with Crippen LogP contribution in [0.4, 0.5) is 0 Å². The lowest BCUT2D eigenvalue weighted by atomic mass is 9.43. The van der Waals surface area contributed by atoms with Gasteiger partial charge in [-0.15, -0.1) is 0 Å². The first-order valence-electron chi connectivity index (χ1n) is 27.9. The number of fused-ring (bicyclic) bond motifs is 5. The van der Waals surface area contributed by atoms with Crippen LogP contribution in [0.1, 0.15) is 144 Å². The van der Waals surface area contributed by atoms with Gasteiger partial charge in [-0.1, -0.05) is 77.1 Å². The first-order valence-corrected chi connectivity index (χ1v) is 27.9. The van der Waals surface area contributed by atoms with E-state index < -0.39 is 72.4 Å². The van der Waals surface area contributed by atoms with Crippen LogP contribution in [0.15, 0.2) is 54.6 Å². The number of nitrogens with zero attached hydrogens (tertiary/aromatic N) is 1. The van der Waals surface area contributed by atoms with E-state index in [1.54, 1.807) is 30.3 Å². The van der Waals surface area contributed by atoms with E-state index in [0.717, 1.165) is 43.2 Å². The van der Waals surface area contributed by atoms with Gasteiger partial charge in [-0.2, -0.15) is 0 Å². The number of rotatable bonds is 23. The van der Waals surface area contributed by atoms with E-state index in [0.29, 0.717) is 57.6 Å². The van der Waals surface area contributed by atoms with Crippen molar-refractivity contribution in [2.75, 3.05) is 39.9 Å². The van der Waals surface area contributed by atoms with E-state index in [1.165, 1.54) is 44.6 Å². The first-order chi connectivity index (χ1) is 36.3. The first kappa shape index (κ1) is 58.2. The highest BCUT2D eigenvalue weighted by atomic mass is 16.7. The highest BCUT2D eigenvalue weighted by Crippen LogP contribution is 2.65. The molecule has 17 nitrogen and oxygen atoms in total. The lowest BCUT2D eigenvalue weighted by Gasteiger charge is -2.64. The minimum atomic E-state index is -1.35. The topological polar surface area (TPSA) is 252 Å².